The van der Waals surface area contributed by atoms with Gasteiger partial charge in [-0.3, -0.25) is 10.1 Å². The lowest BCUT2D eigenvalue weighted by atomic mass is 9.86. The molecule has 2 aliphatic heterocycles. The van der Waals surface area contributed by atoms with Gasteiger partial charge < -0.3 is 20.2 Å². The maximum Gasteiger partial charge on any atom is 0.315 e. The number of nitrogens with one attached hydrogen (secondary N) is 1. The average Bonchev–Trinajstić information content (AvgIpc) is 2.98. The molecular formula is C16H22N4O4. The van der Waals surface area contributed by atoms with Crippen molar-refractivity contribution in [1.29, 1.82) is 0 Å². The number of rotatable bonds is 5. The van der Waals surface area contributed by atoms with Crippen LogP contribution >= 0.6 is 0 Å². The van der Waals surface area contributed by atoms with Crippen LogP contribution in [0.5, 0.6) is 11.5 Å². The van der Waals surface area contributed by atoms with Gasteiger partial charge in [-0.1, -0.05) is 6.92 Å². The van der Waals surface area contributed by atoms with E-state index >= 15 is 0 Å². The van der Waals surface area contributed by atoms with Crippen LogP contribution in [0, 0.1) is 16.0 Å². The Morgan fingerprint density at radius 3 is 3.00 bits per heavy atom. The summed E-state index contributed by atoms with van der Waals surface area (Å²) in [7, 11) is 1.39. The van der Waals surface area contributed by atoms with Gasteiger partial charge in [0.05, 0.1) is 18.1 Å². The quantitative estimate of drug-likeness (QED) is 0.631. The highest BCUT2D eigenvalue weighted by atomic mass is 16.6. The van der Waals surface area contributed by atoms with Crippen molar-refractivity contribution in [3.63, 3.8) is 0 Å². The van der Waals surface area contributed by atoms with Gasteiger partial charge in [-0.25, -0.2) is 0 Å². The first-order valence-corrected chi connectivity index (χ1v) is 8.14. The Morgan fingerprint density at radius 2 is 2.33 bits per heavy atom. The molecule has 0 saturated carbocycles. The Morgan fingerprint density at radius 1 is 1.54 bits per heavy atom. The lowest BCUT2D eigenvalue weighted by molar-refractivity contribution is -0.386. The number of hydrogen-bond donors (Lipinski definition) is 2. The third kappa shape index (κ3) is 2.89. The summed E-state index contributed by atoms with van der Waals surface area (Å²) in [5, 5.41) is 25.6. The number of fused-ring (bicyclic) bond motifs is 1. The van der Waals surface area contributed by atoms with E-state index in [1.807, 2.05) is 0 Å². The molecule has 24 heavy (non-hydrogen) atoms. The van der Waals surface area contributed by atoms with E-state index in [-0.39, 0.29) is 23.4 Å². The molecule has 0 radical (unpaired) electrons. The number of piperidine rings is 1. The average molecular weight is 334 g/mol. The molecule has 1 fully saturated rings. The smallest absolute Gasteiger partial charge is 0.315 e. The molecular weight excluding hydrogens is 312 g/mol. The molecule has 0 aromatic heterocycles. The predicted molar refractivity (Wildman–Crippen MR) is 89.5 cm³/mol. The Hall–Kier alpha value is -2.35. The molecule has 1 aromatic carbocycles. The number of nitro groups is 1. The third-order valence-corrected chi connectivity index (χ3v) is 4.71. The minimum absolute atomic E-state index is 0.107. The van der Waals surface area contributed by atoms with Gasteiger partial charge in [0, 0.05) is 37.2 Å². The molecule has 0 spiro atoms. The Kier molecular flexibility index (Phi) is 4.57. The summed E-state index contributed by atoms with van der Waals surface area (Å²) >= 11 is 0. The maximum atomic E-state index is 11.2. The van der Waals surface area contributed by atoms with Gasteiger partial charge in [0.25, 0.3) is 0 Å². The largest absolute Gasteiger partial charge is 0.500 e. The number of ether oxygens (including phenoxy) is 1. The van der Waals surface area contributed by atoms with Gasteiger partial charge >= 0.3 is 5.69 Å². The zero-order valence-corrected chi connectivity index (χ0v) is 13.9. The molecule has 2 heterocycles. The monoisotopic (exact) mass is 334 g/mol. The first kappa shape index (κ1) is 16.5. The van der Waals surface area contributed by atoms with Gasteiger partial charge in [-0.2, -0.15) is 5.10 Å². The maximum absolute atomic E-state index is 11.2. The number of nitro benzene ring substituents is 1. The van der Waals surface area contributed by atoms with Crippen molar-refractivity contribution in [2.75, 3.05) is 26.7 Å². The number of aromatic hydroxyl groups is 1. The molecule has 8 heteroatoms. The number of nitrogens with zero attached hydrogens (tertiary/aromatic N) is 3. The summed E-state index contributed by atoms with van der Waals surface area (Å²) in [6.45, 7) is 5.07. The fourth-order valence-corrected chi connectivity index (χ4v) is 3.53. The van der Waals surface area contributed by atoms with Crippen LogP contribution in [0.25, 0.3) is 0 Å². The van der Waals surface area contributed by atoms with Crippen LogP contribution < -0.4 is 10.2 Å². The normalized spacial score (nSPS) is 23.3. The van der Waals surface area contributed by atoms with Crippen molar-refractivity contribution < 1.29 is 14.8 Å². The van der Waals surface area contributed by atoms with Crippen molar-refractivity contribution in [3.8, 4) is 11.5 Å². The van der Waals surface area contributed by atoms with Gasteiger partial charge in [0.1, 0.15) is 0 Å². The number of hydrazone groups is 1. The fourth-order valence-electron chi connectivity index (χ4n) is 3.53. The molecule has 1 aromatic rings. The number of methoxy groups -OCH3 is 1. The lowest BCUT2D eigenvalue weighted by Gasteiger charge is -2.33. The number of hydrogen-bond acceptors (Lipinski definition) is 7. The van der Waals surface area contributed by atoms with Crippen LogP contribution in [0.3, 0.4) is 0 Å². The predicted octanol–water partition coefficient (Wildman–Crippen LogP) is 2.04. The van der Waals surface area contributed by atoms with E-state index in [4.69, 9.17) is 4.74 Å². The molecule has 2 atom stereocenters. The molecule has 130 valence electrons. The second-order valence-corrected chi connectivity index (χ2v) is 6.22. The Balaban J connectivity index is 1.91. The second kappa shape index (κ2) is 6.64. The first-order chi connectivity index (χ1) is 11.5. The third-order valence-electron chi connectivity index (χ3n) is 4.71. The molecule has 3 rings (SSSR count). The molecule has 1 saturated heterocycles. The summed E-state index contributed by atoms with van der Waals surface area (Å²) in [4.78, 5) is 13.0. The van der Waals surface area contributed by atoms with E-state index in [1.165, 1.54) is 13.2 Å². The van der Waals surface area contributed by atoms with Crippen molar-refractivity contribution >= 4 is 11.4 Å². The van der Waals surface area contributed by atoms with E-state index in [9.17, 15) is 15.2 Å². The van der Waals surface area contributed by atoms with Gasteiger partial charge in [0.15, 0.2) is 5.75 Å². The standard InChI is InChI=1S/C16H22N4O4/c1-3-5-19-6-4-12-11(9-19)15(18-17-12)10-7-13(20(22)23)16(21)14(8-10)24-2/h7-8,11,15,18,21H,3-6,9H2,1-2H3. The van der Waals surface area contributed by atoms with Crippen molar-refractivity contribution in [2.45, 2.75) is 25.8 Å². The van der Waals surface area contributed by atoms with Crippen LogP contribution in [0.1, 0.15) is 31.4 Å². The Labute approximate surface area is 140 Å². The topological polar surface area (TPSA) is 100 Å². The zero-order valence-electron chi connectivity index (χ0n) is 13.9. The van der Waals surface area contributed by atoms with E-state index < -0.39 is 10.7 Å². The summed E-state index contributed by atoms with van der Waals surface area (Å²) in [5.41, 5.74) is 4.59. The zero-order chi connectivity index (χ0) is 17.3. The van der Waals surface area contributed by atoms with Crippen molar-refractivity contribution in [1.82, 2.24) is 10.3 Å². The molecule has 0 amide bonds. The summed E-state index contributed by atoms with van der Waals surface area (Å²) in [6.07, 6.45) is 2.00. The first-order valence-electron chi connectivity index (χ1n) is 8.14. The SMILES string of the molecule is CCCN1CCC2=NNC(c3cc(OC)c(O)c([N+](=O)[O-])c3)C2C1. The van der Waals surface area contributed by atoms with Crippen LogP contribution in [0.2, 0.25) is 0 Å². The molecule has 2 N–H and O–H groups in total. The van der Waals surface area contributed by atoms with Gasteiger partial charge in [-0.15, -0.1) is 0 Å². The number of benzene rings is 1. The minimum Gasteiger partial charge on any atom is -0.500 e. The van der Waals surface area contributed by atoms with E-state index in [2.05, 4.69) is 22.4 Å². The highest BCUT2D eigenvalue weighted by molar-refractivity contribution is 5.90. The van der Waals surface area contributed by atoms with Gasteiger partial charge in [0.2, 0.25) is 5.75 Å². The van der Waals surface area contributed by atoms with Crippen LogP contribution in [0.4, 0.5) is 5.69 Å². The number of likely N-dealkylation sites (tertiary alicyclic amines) is 1. The minimum atomic E-state index is -0.595. The molecule has 0 bridgehead atoms. The van der Waals surface area contributed by atoms with Gasteiger partial charge in [-0.05, 0) is 24.6 Å². The van der Waals surface area contributed by atoms with Crippen LogP contribution in [0.15, 0.2) is 17.2 Å². The number of phenolic OH excluding ortho intramolecular Hbond substituents is 1. The molecule has 0 aliphatic carbocycles. The second-order valence-electron chi connectivity index (χ2n) is 6.22. The van der Waals surface area contributed by atoms with Crippen LogP contribution in [-0.4, -0.2) is 47.4 Å². The number of phenols is 1. The highest BCUT2D eigenvalue weighted by Crippen LogP contribution is 2.41. The summed E-state index contributed by atoms with van der Waals surface area (Å²) in [5.74, 6) is -0.156. The van der Waals surface area contributed by atoms with Crippen LogP contribution in [-0.2, 0) is 0 Å². The summed E-state index contributed by atoms with van der Waals surface area (Å²) in [6, 6.07) is 2.91. The lowest BCUT2D eigenvalue weighted by Crippen LogP contribution is -2.42. The summed E-state index contributed by atoms with van der Waals surface area (Å²) < 4.78 is 5.10. The molecule has 2 unspecified atom stereocenters. The molecule has 2 aliphatic rings. The van der Waals surface area contributed by atoms with E-state index in [1.54, 1.807) is 6.07 Å². The van der Waals surface area contributed by atoms with E-state index in [0.717, 1.165) is 38.2 Å². The molecule has 8 nitrogen and oxygen atoms in total. The van der Waals surface area contributed by atoms with E-state index in [0.29, 0.717) is 5.56 Å². The van der Waals surface area contributed by atoms with Crippen molar-refractivity contribution in [3.05, 3.63) is 27.8 Å². The highest BCUT2D eigenvalue weighted by Gasteiger charge is 2.38. The Bertz CT molecular complexity index is 676. The van der Waals surface area contributed by atoms with Crippen molar-refractivity contribution in [2.24, 2.45) is 11.0 Å². The fraction of sp³-hybridized carbons (Fsp3) is 0.562.